The summed E-state index contributed by atoms with van der Waals surface area (Å²) in [4.78, 5) is 12.8. The number of carboxylic acid groups (broad SMARTS) is 1. The van der Waals surface area contributed by atoms with Crippen LogP contribution in [0, 0.1) is 50.7 Å². The Balaban J connectivity index is 1.65. The van der Waals surface area contributed by atoms with Crippen LogP contribution in [0.25, 0.3) is 0 Å². The SMILES string of the molecule is C[C@@H]1CC[C@]2(C(=O)O)CC[C@]3(C)C(=CC[C@H]4[C@@]5(C)C[C@@H](O)[C@H](O)[C@@](C)(CO)[C@H]5CC[C@]43C)[C@@H]2[C@]1(C)O. The Morgan fingerprint density at radius 1 is 1.00 bits per heavy atom. The molecule has 4 saturated carbocycles. The van der Waals surface area contributed by atoms with Crippen LogP contribution >= 0.6 is 0 Å². The van der Waals surface area contributed by atoms with E-state index < -0.39 is 40.5 Å². The second kappa shape index (κ2) is 7.80. The van der Waals surface area contributed by atoms with Crippen LogP contribution in [0.3, 0.4) is 0 Å². The minimum Gasteiger partial charge on any atom is -0.481 e. The molecule has 36 heavy (non-hydrogen) atoms. The molecular weight excluding hydrogens is 456 g/mol. The van der Waals surface area contributed by atoms with Crippen molar-refractivity contribution < 1.29 is 30.3 Å². The molecule has 0 aromatic carbocycles. The van der Waals surface area contributed by atoms with E-state index >= 15 is 0 Å². The zero-order chi connectivity index (χ0) is 26.7. The number of aliphatic carboxylic acids is 1. The van der Waals surface area contributed by atoms with E-state index in [1.54, 1.807) is 0 Å². The van der Waals surface area contributed by atoms with Crippen LogP contribution in [0.1, 0.15) is 92.9 Å². The van der Waals surface area contributed by atoms with E-state index in [0.717, 1.165) is 37.7 Å². The van der Waals surface area contributed by atoms with Crippen LogP contribution in [0.5, 0.6) is 0 Å². The molecule has 6 heteroatoms. The van der Waals surface area contributed by atoms with E-state index in [9.17, 15) is 30.3 Å². The number of aliphatic hydroxyl groups is 4. The molecular formula is C30H48O6. The maximum atomic E-state index is 12.8. The molecule has 0 aromatic rings. The molecule has 12 atom stereocenters. The van der Waals surface area contributed by atoms with Crippen molar-refractivity contribution in [1.82, 2.24) is 0 Å². The summed E-state index contributed by atoms with van der Waals surface area (Å²) < 4.78 is 0. The molecule has 0 aliphatic heterocycles. The summed E-state index contributed by atoms with van der Waals surface area (Å²) in [5.41, 5.74) is -2.28. The van der Waals surface area contributed by atoms with Gasteiger partial charge < -0.3 is 25.5 Å². The van der Waals surface area contributed by atoms with E-state index in [-0.39, 0.29) is 40.6 Å². The van der Waals surface area contributed by atoms with Crippen LogP contribution in [-0.2, 0) is 4.79 Å². The van der Waals surface area contributed by atoms with Gasteiger partial charge in [-0.05, 0) is 92.3 Å². The summed E-state index contributed by atoms with van der Waals surface area (Å²) in [5, 5.41) is 54.8. The van der Waals surface area contributed by atoms with Gasteiger partial charge in [0.15, 0.2) is 0 Å². The van der Waals surface area contributed by atoms with Crippen molar-refractivity contribution in [2.75, 3.05) is 6.61 Å². The van der Waals surface area contributed by atoms with Crippen LogP contribution in [0.2, 0.25) is 0 Å². The number of hydrogen-bond acceptors (Lipinski definition) is 5. The van der Waals surface area contributed by atoms with Crippen LogP contribution in [0.15, 0.2) is 11.6 Å². The number of allylic oxidation sites excluding steroid dienone is 1. The van der Waals surface area contributed by atoms with E-state index in [1.165, 1.54) is 0 Å². The van der Waals surface area contributed by atoms with E-state index in [1.807, 2.05) is 13.8 Å². The standard InChI is InChI=1S/C30H48O6/c1-17-9-12-30(24(34)35)14-13-27(4)18(22(30)29(17,6)36)7-8-21-25(2)15-19(32)23(33)26(3,16-31)20(25)10-11-28(21,27)5/h7,17,19-23,31-33,36H,8-16H2,1-6H3,(H,34,35)/t17-,19-,20+,21+,22-,23+,25+,26+,27-,28-,29-,30+/m1/s1. The Morgan fingerprint density at radius 3 is 2.28 bits per heavy atom. The highest BCUT2D eigenvalue weighted by atomic mass is 16.4. The van der Waals surface area contributed by atoms with Crippen molar-refractivity contribution in [3.8, 4) is 0 Å². The molecule has 5 aliphatic rings. The third-order valence-corrected chi connectivity index (χ3v) is 13.6. The van der Waals surface area contributed by atoms with Gasteiger partial charge in [-0.1, -0.05) is 46.3 Å². The largest absolute Gasteiger partial charge is 0.481 e. The lowest BCUT2D eigenvalue weighted by Gasteiger charge is -2.72. The average molecular weight is 505 g/mol. The lowest BCUT2D eigenvalue weighted by Crippen LogP contribution is -2.69. The number of hydrogen-bond donors (Lipinski definition) is 5. The summed E-state index contributed by atoms with van der Waals surface area (Å²) in [5.74, 6) is -0.834. The Hall–Kier alpha value is -0.950. The van der Waals surface area contributed by atoms with Gasteiger partial charge in [0, 0.05) is 11.3 Å². The summed E-state index contributed by atoms with van der Waals surface area (Å²) in [7, 11) is 0. The molecule has 0 unspecified atom stereocenters. The molecule has 5 rings (SSSR count). The van der Waals surface area contributed by atoms with Gasteiger partial charge in [0.1, 0.15) is 0 Å². The highest BCUT2D eigenvalue weighted by Gasteiger charge is 2.72. The highest BCUT2D eigenvalue weighted by molar-refractivity contribution is 5.77. The number of carbonyl (C=O) groups is 1. The molecule has 5 aliphatic carbocycles. The van der Waals surface area contributed by atoms with E-state index in [2.05, 4.69) is 33.8 Å². The number of rotatable bonds is 2. The first-order valence-corrected chi connectivity index (χ1v) is 14.2. The third-order valence-electron chi connectivity index (χ3n) is 13.6. The quantitative estimate of drug-likeness (QED) is 0.361. The fourth-order valence-corrected chi connectivity index (χ4v) is 11.0. The smallest absolute Gasteiger partial charge is 0.310 e. The van der Waals surface area contributed by atoms with Gasteiger partial charge in [-0.2, -0.15) is 0 Å². The summed E-state index contributed by atoms with van der Waals surface area (Å²) in [6.45, 7) is 12.6. The predicted molar refractivity (Wildman–Crippen MR) is 137 cm³/mol. The third kappa shape index (κ3) is 2.91. The second-order valence-corrected chi connectivity index (χ2v) is 14.7. The van der Waals surface area contributed by atoms with Crippen molar-refractivity contribution in [3.63, 3.8) is 0 Å². The number of fused-ring (bicyclic) bond motifs is 7. The summed E-state index contributed by atoms with van der Waals surface area (Å²) in [6, 6.07) is 0. The molecule has 0 radical (unpaired) electrons. The Bertz CT molecular complexity index is 974. The monoisotopic (exact) mass is 504 g/mol. The summed E-state index contributed by atoms with van der Waals surface area (Å²) in [6.07, 6.45) is 6.20. The molecule has 0 amide bonds. The average Bonchev–Trinajstić information content (AvgIpc) is 2.80. The van der Waals surface area contributed by atoms with Crippen LogP contribution in [-0.4, -0.2) is 55.9 Å². The Morgan fingerprint density at radius 2 is 1.67 bits per heavy atom. The van der Waals surface area contributed by atoms with Crippen molar-refractivity contribution in [2.45, 2.75) is 111 Å². The fourth-order valence-electron chi connectivity index (χ4n) is 11.0. The van der Waals surface area contributed by atoms with Gasteiger partial charge in [0.25, 0.3) is 0 Å². The number of carboxylic acids is 1. The van der Waals surface area contributed by atoms with Gasteiger partial charge in [-0.15, -0.1) is 0 Å². The van der Waals surface area contributed by atoms with Crippen molar-refractivity contribution in [3.05, 3.63) is 11.6 Å². The van der Waals surface area contributed by atoms with E-state index in [0.29, 0.717) is 19.3 Å². The highest BCUT2D eigenvalue weighted by Crippen LogP contribution is 2.76. The first-order chi connectivity index (χ1) is 16.6. The first-order valence-electron chi connectivity index (χ1n) is 14.2. The van der Waals surface area contributed by atoms with Gasteiger partial charge in [0.2, 0.25) is 0 Å². The van der Waals surface area contributed by atoms with Crippen molar-refractivity contribution in [1.29, 1.82) is 0 Å². The van der Waals surface area contributed by atoms with Crippen LogP contribution in [0.4, 0.5) is 0 Å². The van der Waals surface area contributed by atoms with Crippen molar-refractivity contribution in [2.24, 2.45) is 50.7 Å². The lowest BCUT2D eigenvalue weighted by molar-refractivity contribution is -0.247. The molecule has 5 N–H and O–H groups in total. The number of aliphatic hydroxyl groups excluding tert-OH is 3. The normalized spacial score (nSPS) is 58.6. The van der Waals surface area contributed by atoms with Gasteiger partial charge in [0.05, 0.1) is 29.8 Å². The van der Waals surface area contributed by atoms with Gasteiger partial charge in [-0.3, -0.25) is 4.79 Å². The Kier molecular flexibility index (Phi) is 5.77. The molecule has 0 heterocycles. The molecule has 4 fully saturated rings. The van der Waals surface area contributed by atoms with Crippen molar-refractivity contribution >= 4 is 5.97 Å². The Labute approximate surface area is 216 Å². The molecule has 0 bridgehead atoms. The minimum absolute atomic E-state index is 0.0252. The zero-order valence-corrected chi connectivity index (χ0v) is 23.0. The van der Waals surface area contributed by atoms with Gasteiger partial charge in [-0.25, -0.2) is 0 Å². The maximum Gasteiger partial charge on any atom is 0.310 e. The fraction of sp³-hybridized carbons (Fsp3) is 0.900. The molecule has 0 spiro atoms. The molecule has 0 saturated heterocycles. The lowest BCUT2D eigenvalue weighted by atomic mass is 9.33. The van der Waals surface area contributed by atoms with Crippen LogP contribution < -0.4 is 0 Å². The molecule has 0 aromatic heterocycles. The topological polar surface area (TPSA) is 118 Å². The van der Waals surface area contributed by atoms with Gasteiger partial charge >= 0.3 is 5.97 Å². The predicted octanol–water partition coefficient (Wildman–Crippen LogP) is 4.15. The zero-order valence-electron chi connectivity index (χ0n) is 23.0. The second-order valence-electron chi connectivity index (χ2n) is 14.7. The molecule has 204 valence electrons. The minimum atomic E-state index is -1.09. The van der Waals surface area contributed by atoms with E-state index in [4.69, 9.17) is 0 Å². The maximum absolute atomic E-state index is 12.8. The first kappa shape index (κ1) is 26.6. The summed E-state index contributed by atoms with van der Waals surface area (Å²) >= 11 is 0. The molecule has 6 nitrogen and oxygen atoms in total.